The molecule has 154 valence electrons. The summed E-state index contributed by atoms with van der Waals surface area (Å²) in [5.74, 6) is 0.222. The van der Waals surface area contributed by atoms with Crippen molar-refractivity contribution < 1.29 is 9.59 Å². The molecule has 30 heavy (non-hydrogen) atoms. The molecule has 0 fully saturated rings. The largest absolute Gasteiger partial charge is 0.378 e. The highest BCUT2D eigenvalue weighted by atomic mass is 16.1. The van der Waals surface area contributed by atoms with Crippen LogP contribution in [0.4, 0.5) is 5.69 Å². The van der Waals surface area contributed by atoms with Gasteiger partial charge in [-0.3, -0.25) is 9.59 Å². The van der Waals surface area contributed by atoms with Crippen LogP contribution < -0.4 is 4.90 Å². The van der Waals surface area contributed by atoms with Gasteiger partial charge >= 0.3 is 0 Å². The van der Waals surface area contributed by atoms with E-state index in [2.05, 4.69) is 0 Å². The van der Waals surface area contributed by atoms with Crippen LogP contribution in [0.3, 0.4) is 0 Å². The molecule has 0 unspecified atom stereocenters. The first kappa shape index (κ1) is 21.5. The zero-order valence-corrected chi connectivity index (χ0v) is 17.8. The smallest absolute Gasteiger partial charge is 0.137 e. The van der Waals surface area contributed by atoms with E-state index in [-0.39, 0.29) is 17.5 Å². The quantitative estimate of drug-likeness (QED) is 0.468. The first-order valence-electron chi connectivity index (χ1n) is 10.4. The lowest BCUT2D eigenvalue weighted by molar-refractivity contribution is -0.120. The maximum absolute atomic E-state index is 12.8. The molecule has 3 rings (SSSR count). The lowest BCUT2D eigenvalue weighted by atomic mass is 9.86. The van der Waals surface area contributed by atoms with Crippen molar-refractivity contribution in [1.82, 2.24) is 0 Å². The fourth-order valence-electron chi connectivity index (χ4n) is 3.69. The second kappa shape index (κ2) is 10.5. The van der Waals surface area contributed by atoms with Crippen LogP contribution in [0.5, 0.6) is 0 Å². The minimum absolute atomic E-state index is 0.103. The molecule has 3 nitrogen and oxygen atoms in total. The normalized spacial score (nSPS) is 10.8. The highest BCUT2D eigenvalue weighted by molar-refractivity contribution is 5.85. The van der Waals surface area contributed by atoms with Crippen molar-refractivity contribution in [1.29, 1.82) is 0 Å². The van der Waals surface area contributed by atoms with Crippen LogP contribution in [0.15, 0.2) is 84.9 Å². The molecule has 0 saturated heterocycles. The second-order valence-electron chi connectivity index (χ2n) is 7.99. The molecular weight excluding hydrogens is 370 g/mol. The van der Waals surface area contributed by atoms with Crippen LogP contribution in [0.1, 0.15) is 35.4 Å². The second-order valence-corrected chi connectivity index (χ2v) is 7.99. The Kier molecular flexibility index (Phi) is 7.56. The Morgan fingerprint density at radius 2 is 1.10 bits per heavy atom. The van der Waals surface area contributed by atoms with Gasteiger partial charge in [0.2, 0.25) is 0 Å². The van der Waals surface area contributed by atoms with E-state index in [9.17, 15) is 9.59 Å². The van der Waals surface area contributed by atoms with E-state index in [0.29, 0.717) is 25.7 Å². The first-order chi connectivity index (χ1) is 14.5. The van der Waals surface area contributed by atoms with Crippen molar-refractivity contribution in [3.63, 3.8) is 0 Å². The average Bonchev–Trinajstić information content (AvgIpc) is 2.74. The van der Waals surface area contributed by atoms with Gasteiger partial charge in [0.25, 0.3) is 0 Å². The summed E-state index contributed by atoms with van der Waals surface area (Å²) in [6, 6.07) is 27.8. The molecule has 0 N–H and O–H groups in total. The van der Waals surface area contributed by atoms with Crippen molar-refractivity contribution in [2.75, 3.05) is 19.0 Å². The summed E-state index contributed by atoms with van der Waals surface area (Å²) in [5.41, 5.74) is 4.17. The Bertz CT molecular complexity index is 892. The van der Waals surface area contributed by atoms with Gasteiger partial charge in [-0.05, 0) is 34.7 Å². The molecule has 3 aromatic rings. The van der Waals surface area contributed by atoms with Gasteiger partial charge < -0.3 is 4.90 Å². The molecule has 3 heteroatoms. The number of carbonyl (C=O) groups is 2. The molecule has 0 aliphatic carbocycles. The fourth-order valence-corrected chi connectivity index (χ4v) is 3.69. The molecule has 0 saturated carbocycles. The highest BCUT2D eigenvalue weighted by Gasteiger charge is 2.20. The zero-order chi connectivity index (χ0) is 21.3. The number of hydrogen-bond acceptors (Lipinski definition) is 3. The van der Waals surface area contributed by atoms with Crippen molar-refractivity contribution in [3.05, 3.63) is 102 Å². The summed E-state index contributed by atoms with van der Waals surface area (Å²) in [5, 5.41) is 0. The van der Waals surface area contributed by atoms with Crippen LogP contribution in [-0.2, 0) is 22.4 Å². The Morgan fingerprint density at radius 1 is 0.667 bits per heavy atom. The molecule has 0 bridgehead atoms. The van der Waals surface area contributed by atoms with Crippen molar-refractivity contribution >= 4 is 17.3 Å². The number of Topliss-reactive ketones (excluding diaryl/α,β-unsaturated/α-hetero) is 2. The lowest BCUT2D eigenvalue weighted by Gasteiger charge is -2.19. The number of anilines is 1. The van der Waals surface area contributed by atoms with Crippen LogP contribution in [0.2, 0.25) is 0 Å². The summed E-state index contributed by atoms with van der Waals surface area (Å²) in [7, 11) is 4.00. The van der Waals surface area contributed by atoms with Crippen molar-refractivity contribution in [3.8, 4) is 0 Å². The van der Waals surface area contributed by atoms with E-state index in [1.165, 1.54) is 0 Å². The van der Waals surface area contributed by atoms with E-state index in [1.54, 1.807) is 0 Å². The predicted octanol–water partition coefficient (Wildman–Crippen LogP) is 5.24. The van der Waals surface area contributed by atoms with Crippen LogP contribution in [0.25, 0.3) is 0 Å². The first-order valence-corrected chi connectivity index (χ1v) is 10.4. The van der Waals surface area contributed by atoms with Gasteiger partial charge in [-0.2, -0.15) is 0 Å². The number of carbonyl (C=O) groups excluding carboxylic acids is 2. The molecule has 0 aliphatic rings. The minimum Gasteiger partial charge on any atom is -0.378 e. The van der Waals surface area contributed by atoms with E-state index < -0.39 is 0 Å². The number of hydrogen-bond donors (Lipinski definition) is 0. The van der Waals surface area contributed by atoms with Gasteiger partial charge in [-0.25, -0.2) is 0 Å². The van der Waals surface area contributed by atoms with Crippen LogP contribution >= 0.6 is 0 Å². The third kappa shape index (κ3) is 6.41. The van der Waals surface area contributed by atoms with E-state index in [4.69, 9.17) is 0 Å². The number of rotatable bonds is 10. The van der Waals surface area contributed by atoms with E-state index in [1.807, 2.05) is 104 Å². The third-order valence-corrected chi connectivity index (χ3v) is 5.32. The summed E-state index contributed by atoms with van der Waals surface area (Å²) in [4.78, 5) is 27.6. The number of nitrogens with zero attached hydrogens (tertiary/aromatic N) is 1. The SMILES string of the molecule is CN(C)c1ccc(C(CC(=O)Cc2ccccc2)CC(=O)Cc2ccccc2)cc1. The number of benzene rings is 3. The number of ketones is 2. The summed E-state index contributed by atoms with van der Waals surface area (Å²) in [6.07, 6.45) is 1.55. The Balaban J connectivity index is 1.73. The van der Waals surface area contributed by atoms with Crippen molar-refractivity contribution in [2.24, 2.45) is 0 Å². The molecule has 0 heterocycles. The van der Waals surface area contributed by atoms with E-state index >= 15 is 0 Å². The van der Waals surface area contributed by atoms with Gasteiger partial charge in [0, 0.05) is 45.5 Å². The van der Waals surface area contributed by atoms with Crippen LogP contribution in [0, 0.1) is 0 Å². The predicted molar refractivity (Wildman–Crippen MR) is 123 cm³/mol. The fraction of sp³-hybridized carbons (Fsp3) is 0.259. The summed E-state index contributed by atoms with van der Waals surface area (Å²) >= 11 is 0. The van der Waals surface area contributed by atoms with Gasteiger partial charge in [0.1, 0.15) is 11.6 Å². The minimum atomic E-state index is -0.103. The lowest BCUT2D eigenvalue weighted by Crippen LogP contribution is -2.15. The zero-order valence-electron chi connectivity index (χ0n) is 17.8. The Morgan fingerprint density at radius 3 is 1.50 bits per heavy atom. The summed E-state index contributed by atoms with van der Waals surface area (Å²) in [6.45, 7) is 0. The van der Waals surface area contributed by atoms with Gasteiger partial charge in [0.05, 0.1) is 0 Å². The average molecular weight is 400 g/mol. The summed E-state index contributed by atoms with van der Waals surface area (Å²) < 4.78 is 0. The maximum atomic E-state index is 12.8. The molecule has 0 spiro atoms. The molecular formula is C27H29NO2. The van der Waals surface area contributed by atoms with E-state index in [0.717, 1.165) is 22.4 Å². The Labute approximate surface area is 179 Å². The van der Waals surface area contributed by atoms with Gasteiger partial charge in [-0.1, -0.05) is 72.8 Å². The van der Waals surface area contributed by atoms with Crippen LogP contribution in [-0.4, -0.2) is 25.7 Å². The highest BCUT2D eigenvalue weighted by Crippen LogP contribution is 2.27. The standard InChI is InChI=1S/C27H29NO2/c1-28(2)25-15-13-23(14-16-25)24(19-26(29)17-21-9-5-3-6-10-21)20-27(30)18-22-11-7-4-8-12-22/h3-16,24H,17-20H2,1-2H3. The third-order valence-electron chi connectivity index (χ3n) is 5.32. The Hall–Kier alpha value is -3.20. The van der Waals surface area contributed by atoms with Gasteiger partial charge in [0.15, 0.2) is 0 Å². The molecule has 0 aliphatic heterocycles. The van der Waals surface area contributed by atoms with Gasteiger partial charge in [-0.15, -0.1) is 0 Å². The molecule has 0 aromatic heterocycles. The monoisotopic (exact) mass is 399 g/mol. The maximum Gasteiger partial charge on any atom is 0.137 e. The topological polar surface area (TPSA) is 37.4 Å². The molecule has 0 radical (unpaired) electrons. The van der Waals surface area contributed by atoms with Crippen molar-refractivity contribution in [2.45, 2.75) is 31.6 Å². The molecule has 0 atom stereocenters. The molecule has 3 aromatic carbocycles. The molecule has 0 amide bonds.